The summed E-state index contributed by atoms with van der Waals surface area (Å²) in [6.45, 7) is 5.24. The summed E-state index contributed by atoms with van der Waals surface area (Å²) in [5, 5.41) is 19.4. The van der Waals surface area contributed by atoms with Crippen LogP contribution in [0, 0.1) is 5.92 Å². The Morgan fingerprint density at radius 2 is 1.28 bits per heavy atom. The van der Waals surface area contributed by atoms with Gasteiger partial charge in [-0.3, -0.25) is 14.2 Å². The molecule has 0 spiro atoms. The molecule has 47 heavy (non-hydrogen) atoms. The van der Waals surface area contributed by atoms with Gasteiger partial charge >= 0.3 is 103 Å². The van der Waals surface area contributed by atoms with Crippen molar-refractivity contribution in [2.24, 2.45) is 5.92 Å². The zero-order valence-electron chi connectivity index (χ0n) is 27.6. The van der Waals surface area contributed by atoms with Crippen molar-refractivity contribution < 1.29 is 141 Å². The summed E-state index contributed by atoms with van der Waals surface area (Å²) in [5.41, 5.74) is 2.31. The first-order chi connectivity index (χ1) is 21.5. The number of hydrogen-bond acceptors (Lipinski definition) is 8. The van der Waals surface area contributed by atoms with Crippen molar-refractivity contribution in [3.8, 4) is 5.75 Å². The topological polar surface area (TPSA) is 169 Å². The second kappa shape index (κ2) is 22.9. The molecule has 2 amide bonds. The maximum Gasteiger partial charge on any atom is 1.00 e. The van der Waals surface area contributed by atoms with Crippen LogP contribution >= 0.6 is 7.75 Å². The van der Waals surface area contributed by atoms with Crippen LogP contribution in [0.5, 0.6) is 5.75 Å². The zero-order chi connectivity index (χ0) is 32.8. The van der Waals surface area contributed by atoms with Crippen molar-refractivity contribution in [3.05, 3.63) is 102 Å². The maximum absolute atomic E-state index is 13.6. The predicted molar refractivity (Wildman–Crippen MR) is 166 cm³/mol. The van der Waals surface area contributed by atoms with Gasteiger partial charge in [0.05, 0.1) is 24.7 Å². The number of benzene rings is 3. The molecule has 3 rings (SSSR count). The van der Waals surface area contributed by atoms with Crippen LogP contribution in [0.1, 0.15) is 43.9 Å². The minimum atomic E-state index is -4.57. The molecule has 0 radical (unpaired) electrons. The molecule has 0 aromatic heterocycles. The minimum absolute atomic E-state index is 0. The van der Waals surface area contributed by atoms with Gasteiger partial charge in [0.25, 0.3) is 0 Å². The number of rotatable bonds is 18. The molecule has 0 heterocycles. The van der Waals surface area contributed by atoms with Gasteiger partial charge in [-0.05, 0) is 48.1 Å². The number of carboxylic acids is 1. The second-order valence-electron chi connectivity index (χ2n) is 10.7. The van der Waals surface area contributed by atoms with Crippen molar-refractivity contribution in [1.29, 1.82) is 0 Å². The smallest absolute Gasteiger partial charge is 0.766 e. The van der Waals surface area contributed by atoms with Crippen LogP contribution in [0.2, 0.25) is 0 Å². The number of nitrogens with one attached hydrogen (secondary N) is 3. The fourth-order valence-electron chi connectivity index (χ4n) is 4.54. The number of ether oxygens (including phenoxy) is 1. The molecule has 0 fully saturated rings. The Bertz CT molecular complexity index is 1430. The molecule has 242 valence electrons. The summed E-state index contributed by atoms with van der Waals surface area (Å²) in [6, 6.07) is 21.4. The van der Waals surface area contributed by atoms with E-state index in [0.717, 1.165) is 5.56 Å². The van der Waals surface area contributed by atoms with Gasteiger partial charge in [-0.2, -0.15) is 0 Å². The second-order valence-corrected chi connectivity index (χ2v) is 12.2. The molecule has 11 nitrogen and oxygen atoms in total. The Morgan fingerprint density at radius 3 is 1.81 bits per heavy atom. The molecule has 0 saturated heterocycles. The monoisotopic (exact) mass is 715 g/mol. The SMILES string of the molecule is CCOP(=O)([O-])N[C@H](C(=O)NC(Cc1ccc(OCc2ccccc2)cc1)C(=O)NC(Cc1ccccc1)C(=O)[O-])[C@@H](C)CC.[K+].[K+]. The van der Waals surface area contributed by atoms with Crippen LogP contribution in [0.25, 0.3) is 0 Å². The van der Waals surface area contributed by atoms with Gasteiger partial charge in [0.2, 0.25) is 19.6 Å². The minimum Gasteiger partial charge on any atom is -0.766 e. The van der Waals surface area contributed by atoms with Crippen LogP contribution in [0.3, 0.4) is 0 Å². The van der Waals surface area contributed by atoms with E-state index in [1.54, 1.807) is 68.4 Å². The molecule has 3 unspecified atom stereocenters. The van der Waals surface area contributed by atoms with Gasteiger partial charge < -0.3 is 34.7 Å². The van der Waals surface area contributed by atoms with Crippen LogP contribution in [-0.2, 0) is 42.9 Å². The van der Waals surface area contributed by atoms with Crippen molar-refractivity contribution >= 4 is 25.5 Å². The first-order valence-corrected chi connectivity index (χ1v) is 16.4. The predicted octanol–water partition coefficient (Wildman–Crippen LogP) is -3.71. The van der Waals surface area contributed by atoms with E-state index in [0.29, 0.717) is 29.9 Å². The van der Waals surface area contributed by atoms with Crippen molar-refractivity contribution in [1.82, 2.24) is 15.7 Å². The Labute approximate surface area is 361 Å². The number of amides is 2. The van der Waals surface area contributed by atoms with Gasteiger partial charge in [0.1, 0.15) is 18.4 Å². The van der Waals surface area contributed by atoms with Crippen molar-refractivity contribution in [2.75, 3.05) is 6.61 Å². The molecule has 0 aliphatic carbocycles. The molecule has 0 bridgehead atoms. The normalized spacial score (nSPS) is 14.5. The van der Waals surface area contributed by atoms with Crippen LogP contribution in [-0.4, -0.2) is 42.5 Å². The molecule has 5 atom stereocenters. The van der Waals surface area contributed by atoms with Gasteiger partial charge in [-0.1, -0.05) is 93.1 Å². The summed E-state index contributed by atoms with van der Waals surface area (Å²) in [6.07, 6.45) is 0.394. The molecular weight excluding hydrogens is 676 g/mol. The molecule has 0 saturated carbocycles. The van der Waals surface area contributed by atoms with E-state index >= 15 is 0 Å². The average Bonchev–Trinajstić information content (AvgIpc) is 3.03. The molecule has 14 heteroatoms. The van der Waals surface area contributed by atoms with E-state index in [4.69, 9.17) is 9.26 Å². The van der Waals surface area contributed by atoms with E-state index in [2.05, 4.69) is 15.7 Å². The van der Waals surface area contributed by atoms with Gasteiger partial charge in [0, 0.05) is 6.42 Å². The summed E-state index contributed by atoms with van der Waals surface area (Å²) in [4.78, 5) is 51.4. The van der Waals surface area contributed by atoms with E-state index in [9.17, 15) is 28.9 Å². The fraction of sp³-hybridized carbons (Fsp3) is 0.364. The average molecular weight is 716 g/mol. The van der Waals surface area contributed by atoms with Gasteiger partial charge in [-0.25, -0.2) is 5.09 Å². The number of carboxylic acid groups (broad SMARTS) is 1. The molecule has 3 N–H and O–H groups in total. The van der Waals surface area contributed by atoms with Crippen molar-refractivity contribution in [2.45, 2.75) is 64.8 Å². The third-order valence-corrected chi connectivity index (χ3v) is 8.41. The largest absolute Gasteiger partial charge is 1.00 e. The fourth-order valence-corrected chi connectivity index (χ4v) is 5.67. The van der Waals surface area contributed by atoms with E-state index < -0.39 is 49.6 Å². The number of hydrogen-bond donors (Lipinski definition) is 3. The summed E-state index contributed by atoms with van der Waals surface area (Å²) >= 11 is 0. The summed E-state index contributed by atoms with van der Waals surface area (Å²) in [5.74, 6) is -2.87. The number of carbonyl (C=O) groups is 3. The van der Waals surface area contributed by atoms with Crippen LogP contribution in [0.4, 0.5) is 0 Å². The molecule has 3 aromatic rings. The summed E-state index contributed by atoms with van der Waals surface area (Å²) < 4.78 is 23.0. The quantitative estimate of drug-likeness (QED) is 0.0887. The summed E-state index contributed by atoms with van der Waals surface area (Å²) in [7, 11) is -4.57. The maximum atomic E-state index is 13.6. The molecule has 0 aliphatic heterocycles. The Hall–Kier alpha value is -0.747. The Kier molecular flexibility index (Phi) is 21.5. The van der Waals surface area contributed by atoms with Gasteiger partial charge in [-0.15, -0.1) is 0 Å². The van der Waals surface area contributed by atoms with E-state index in [1.807, 2.05) is 30.3 Å². The van der Waals surface area contributed by atoms with E-state index in [-0.39, 0.29) is 122 Å². The zero-order valence-corrected chi connectivity index (χ0v) is 34.8. The van der Waals surface area contributed by atoms with Crippen LogP contribution < -0.4 is 133 Å². The van der Waals surface area contributed by atoms with E-state index in [1.165, 1.54) is 6.92 Å². The first-order valence-electron chi connectivity index (χ1n) is 14.9. The van der Waals surface area contributed by atoms with Crippen LogP contribution in [0.15, 0.2) is 84.9 Å². The Morgan fingerprint density at radius 1 is 0.766 bits per heavy atom. The Balaban J connectivity index is 0.00000552. The first kappa shape index (κ1) is 44.3. The number of carbonyl (C=O) groups excluding carboxylic acids is 3. The standard InChI is InChI=1S/C33H42N3O8P.2K/c1-4-23(3)30(36-45(41,42)44-5-2)32(38)34-28(31(37)35-29(33(39)40)21-24-12-8-6-9-13-24)20-25-16-18-27(19-17-25)43-22-26-14-10-7-11-15-26;;/h6-19,23,28-30H,4-5,20-22H2,1-3H3,(H,34,38)(H,35,37)(H,39,40)(H2,36,41,42);;/q;2*+1/p-2/t23-,28?,29?,30-;;/m0../s1. The number of aliphatic carboxylic acids is 1. The molecule has 0 aliphatic rings. The molecule has 3 aromatic carbocycles. The third-order valence-electron chi connectivity index (χ3n) is 7.22. The van der Waals surface area contributed by atoms with Gasteiger partial charge in [0.15, 0.2) is 0 Å². The molecular formula is C33H40K2N3O8P. The van der Waals surface area contributed by atoms with Crippen molar-refractivity contribution in [3.63, 3.8) is 0 Å². The third kappa shape index (κ3) is 15.8.